The van der Waals surface area contributed by atoms with Crippen LogP contribution in [0.4, 0.5) is 5.69 Å². The van der Waals surface area contributed by atoms with E-state index in [2.05, 4.69) is 26.1 Å². The fourth-order valence-corrected chi connectivity index (χ4v) is 4.60. The van der Waals surface area contributed by atoms with Gasteiger partial charge in [0, 0.05) is 13.1 Å². The van der Waals surface area contributed by atoms with Gasteiger partial charge in [-0.25, -0.2) is 8.42 Å². The number of hydrogen-bond acceptors (Lipinski definition) is 4. The topological polar surface area (TPSA) is 86.8 Å². The highest BCUT2D eigenvalue weighted by Gasteiger charge is 2.30. The minimum atomic E-state index is -3.76. The lowest BCUT2D eigenvalue weighted by atomic mass is 9.87. The van der Waals surface area contributed by atoms with Crippen LogP contribution in [0.5, 0.6) is 0 Å². The lowest BCUT2D eigenvalue weighted by Crippen LogP contribution is -2.51. The Bertz CT molecular complexity index is 1150. The molecule has 0 unspecified atom stereocenters. The van der Waals surface area contributed by atoms with E-state index < -0.39 is 28.5 Å². The summed E-state index contributed by atoms with van der Waals surface area (Å²) in [7, 11) is -3.76. The Morgan fingerprint density at radius 3 is 2.06 bits per heavy atom. The van der Waals surface area contributed by atoms with E-state index >= 15 is 0 Å². The van der Waals surface area contributed by atoms with Gasteiger partial charge in [0.25, 0.3) is 0 Å². The Kier molecular flexibility index (Phi) is 9.71. The Balaban J connectivity index is 2.39. The molecule has 8 heteroatoms. The quantitative estimate of drug-likeness (QED) is 0.513. The zero-order chi connectivity index (χ0) is 27.3. The number of anilines is 1. The number of nitrogens with zero attached hydrogens (tertiary/aromatic N) is 2. The van der Waals surface area contributed by atoms with Crippen molar-refractivity contribution in [3.05, 3.63) is 65.2 Å². The summed E-state index contributed by atoms with van der Waals surface area (Å²) in [5.41, 5.74) is 3.26. The molecule has 2 rings (SSSR count). The second kappa shape index (κ2) is 11.9. The summed E-state index contributed by atoms with van der Waals surface area (Å²) in [5.74, 6) is -0.458. The standard InChI is InChI=1S/C28H41N3O4S/c1-20(2)17-29-27(33)22(4)30(18-23-12-10-9-11-21(23)3)26(32)19-31(36(8,34)35)25-15-13-24(14-16-25)28(5,6)7/h9-16,20,22H,17-19H2,1-8H3,(H,29,33)/t22-/m0/s1. The third kappa shape index (κ3) is 8.08. The largest absolute Gasteiger partial charge is 0.354 e. The zero-order valence-corrected chi connectivity index (χ0v) is 23.6. The number of hydrogen-bond donors (Lipinski definition) is 1. The van der Waals surface area contributed by atoms with Gasteiger partial charge >= 0.3 is 0 Å². The second-order valence-corrected chi connectivity index (χ2v) is 12.7. The van der Waals surface area contributed by atoms with Crippen LogP contribution in [0.25, 0.3) is 0 Å². The Morgan fingerprint density at radius 1 is 0.972 bits per heavy atom. The normalized spacial score (nSPS) is 12.8. The monoisotopic (exact) mass is 515 g/mol. The van der Waals surface area contributed by atoms with Crippen LogP contribution in [-0.4, -0.2) is 50.5 Å². The van der Waals surface area contributed by atoms with Crippen molar-refractivity contribution in [1.29, 1.82) is 0 Å². The average molecular weight is 516 g/mol. The van der Waals surface area contributed by atoms with Gasteiger partial charge in [-0.15, -0.1) is 0 Å². The molecule has 0 aliphatic carbocycles. The van der Waals surface area contributed by atoms with Gasteiger partial charge in [-0.3, -0.25) is 13.9 Å². The summed E-state index contributed by atoms with van der Waals surface area (Å²) in [5, 5.41) is 2.89. The van der Waals surface area contributed by atoms with Gasteiger partial charge in [-0.1, -0.05) is 71.0 Å². The summed E-state index contributed by atoms with van der Waals surface area (Å²) in [6, 6.07) is 14.1. The first kappa shape index (κ1) is 29.4. The average Bonchev–Trinajstić information content (AvgIpc) is 2.78. The van der Waals surface area contributed by atoms with Crippen LogP contribution in [0, 0.1) is 12.8 Å². The van der Waals surface area contributed by atoms with Crippen LogP contribution in [0.1, 0.15) is 58.2 Å². The van der Waals surface area contributed by atoms with E-state index in [0.717, 1.165) is 27.3 Å². The molecule has 0 aliphatic rings. The molecule has 2 aromatic rings. The molecule has 2 amide bonds. The predicted octanol–water partition coefficient (Wildman–Crippen LogP) is 4.25. The maximum absolute atomic E-state index is 13.6. The lowest BCUT2D eigenvalue weighted by molar-refractivity contribution is -0.139. The number of rotatable bonds is 10. The molecule has 0 aliphatic heterocycles. The van der Waals surface area contributed by atoms with Crippen LogP contribution >= 0.6 is 0 Å². The summed E-state index contributed by atoms with van der Waals surface area (Å²) < 4.78 is 26.6. The number of nitrogens with one attached hydrogen (secondary N) is 1. The van der Waals surface area contributed by atoms with Crippen LogP contribution in [0.3, 0.4) is 0 Å². The minimum Gasteiger partial charge on any atom is -0.354 e. The molecule has 0 bridgehead atoms. The van der Waals surface area contributed by atoms with Crippen molar-refractivity contribution >= 4 is 27.5 Å². The number of carbonyl (C=O) groups is 2. The molecule has 0 saturated carbocycles. The summed E-state index contributed by atoms with van der Waals surface area (Å²) in [6.45, 7) is 14.1. The first-order valence-electron chi connectivity index (χ1n) is 12.3. The van der Waals surface area contributed by atoms with Gasteiger partial charge in [-0.05, 0) is 54.0 Å². The molecule has 0 spiro atoms. The highest BCUT2D eigenvalue weighted by Crippen LogP contribution is 2.26. The van der Waals surface area contributed by atoms with Gasteiger partial charge in [0.15, 0.2) is 0 Å². The molecular weight excluding hydrogens is 474 g/mol. The smallest absolute Gasteiger partial charge is 0.244 e. The van der Waals surface area contributed by atoms with Crippen molar-refractivity contribution in [2.24, 2.45) is 5.92 Å². The predicted molar refractivity (Wildman–Crippen MR) is 146 cm³/mol. The highest BCUT2D eigenvalue weighted by molar-refractivity contribution is 7.92. The van der Waals surface area contributed by atoms with Gasteiger partial charge < -0.3 is 10.2 Å². The maximum Gasteiger partial charge on any atom is 0.244 e. The lowest BCUT2D eigenvalue weighted by Gasteiger charge is -2.32. The fraction of sp³-hybridized carbons (Fsp3) is 0.500. The van der Waals surface area contributed by atoms with E-state index in [1.807, 2.05) is 57.2 Å². The molecule has 36 heavy (non-hydrogen) atoms. The van der Waals surface area contributed by atoms with Gasteiger partial charge in [0.2, 0.25) is 21.8 Å². The minimum absolute atomic E-state index is 0.0899. The van der Waals surface area contributed by atoms with E-state index in [1.54, 1.807) is 19.1 Å². The van der Waals surface area contributed by atoms with Crippen molar-refractivity contribution in [2.45, 2.75) is 66.5 Å². The number of carbonyl (C=O) groups excluding carboxylic acids is 2. The van der Waals surface area contributed by atoms with Gasteiger partial charge in [0.1, 0.15) is 12.6 Å². The van der Waals surface area contributed by atoms with Crippen LogP contribution in [0.2, 0.25) is 0 Å². The van der Waals surface area contributed by atoms with Crippen molar-refractivity contribution < 1.29 is 18.0 Å². The Hall–Kier alpha value is -2.87. The zero-order valence-electron chi connectivity index (χ0n) is 22.8. The van der Waals surface area contributed by atoms with Crippen molar-refractivity contribution in [3.8, 4) is 0 Å². The SMILES string of the molecule is Cc1ccccc1CN(C(=O)CN(c1ccc(C(C)(C)C)cc1)S(C)(=O)=O)[C@@H](C)C(=O)NCC(C)C. The molecule has 7 nitrogen and oxygen atoms in total. The fourth-order valence-electron chi connectivity index (χ4n) is 3.75. The third-order valence-corrected chi connectivity index (χ3v) is 7.29. The molecule has 1 atom stereocenters. The van der Waals surface area contributed by atoms with Crippen molar-refractivity contribution in [3.63, 3.8) is 0 Å². The van der Waals surface area contributed by atoms with E-state index in [0.29, 0.717) is 12.2 Å². The third-order valence-electron chi connectivity index (χ3n) is 6.15. The summed E-state index contributed by atoms with van der Waals surface area (Å²) >= 11 is 0. The molecule has 1 N–H and O–H groups in total. The van der Waals surface area contributed by atoms with Crippen molar-refractivity contribution in [1.82, 2.24) is 10.2 Å². The summed E-state index contributed by atoms with van der Waals surface area (Å²) in [4.78, 5) is 28.0. The second-order valence-electron chi connectivity index (χ2n) is 10.8. The Morgan fingerprint density at radius 2 is 1.56 bits per heavy atom. The van der Waals surface area contributed by atoms with Crippen LogP contribution < -0.4 is 9.62 Å². The molecular formula is C28H41N3O4S. The molecule has 198 valence electrons. The molecule has 0 aromatic heterocycles. The van der Waals surface area contributed by atoms with E-state index in [9.17, 15) is 18.0 Å². The first-order valence-corrected chi connectivity index (χ1v) is 14.2. The number of amides is 2. The van der Waals surface area contributed by atoms with E-state index in [-0.39, 0.29) is 23.8 Å². The maximum atomic E-state index is 13.6. The molecule has 0 saturated heterocycles. The van der Waals surface area contributed by atoms with Crippen LogP contribution in [-0.2, 0) is 31.6 Å². The number of benzene rings is 2. The first-order chi connectivity index (χ1) is 16.6. The van der Waals surface area contributed by atoms with Gasteiger partial charge in [-0.2, -0.15) is 0 Å². The van der Waals surface area contributed by atoms with Crippen molar-refractivity contribution in [2.75, 3.05) is 23.7 Å². The molecule has 0 fully saturated rings. The van der Waals surface area contributed by atoms with Gasteiger partial charge in [0.05, 0.1) is 11.9 Å². The number of aryl methyl sites for hydroxylation is 1. The Labute approximate surface area is 216 Å². The van der Waals surface area contributed by atoms with E-state index in [1.165, 1.54) is 4.90 Å². The molecule has 0 heterocycles. The van der Waals surface area contributed by atoms with E-state index in [4.69, 9.17) is 0 Å². The summed E-state index contributed by atoms with van der Waals surface area (Å²) in [6.07, 6.45) is 1.09. The molecule has 0 radical (unpaired) electrons. The molecule has 2 aromatic carbocycles. The van der Waals surface area contributed by atoms with Crippen LogP contribution in [0.15, 0.2) is 48.5 Å². The number of sulfonamides is 1. The highest BCUT2D eigenvalue weighted by atomic mass is 32.2.